The summed E-state index contributed by atoms with van der Waals surface area (Å²) in [4.78, 5) is 24.2. The van der Waals surface area contributed by atoms with Crippen LogP contribution in [0.4, 0.5) is 0 Å². The van der Waals surface area contributed by atoms with Crippen molar-refractivity contribution in [2.75, 3.05) is 7.11 Å². The van der Waals surface area contributed by atoms with Crippen LogP contribution in [0.1, 0.15) is 20.7 Å². The third-order valence-electron chi connectivity index (χ3n) is 2.78. The van der Waals surface area contributed by atoms with Gasteiger partial charge < -0.3 is 4.74 Å². The van der Waals surface area contributed by atoms with E-state index >= 15 is 0 Å². The van der Waals surface area contributed by atoms with Gasteiger partial charge in [0.2, 0.25) is 0 Å². The summed E-state index contributed by atoms with van der Waals surface area (Å²) in [7, 11) is 1.50. The number of rotatable bonds is 3. The Hall–Kier alpha value is -2.66. The third kappa shape index (κ3) is 2.84. The smallest absolute Gasteiger partial charge is 0.275 e. The number of carbonyl (C=O) groups is 2. The van der Waals surface area contributed by atoms with Crippen molar-refractivity contribution < 1.29 is 14.3 Å². The summed E-state index contributed by atoms with van der Waals surface area (Å²) in [6.45, 7) is 0. The fraction of sp³-hybridized carbons (Fsp3) is 0.0667. The zero-order valence-corrected chi connectivity index (χ0v) is 10.9. The molecule has 0 saturated heterocycles. The monoisotopic (exact) mass is 270 g/mol. The van der Waals surface area contributed by atoms with Crippen LogP contribution in [0.25, 0.3) is 0 Å². The van der Waals surface area contributed by atoms with Crippen molar-refractivity contribution in [3.05, 3.63) is 65.7 Å². The van der Waals surface area contributed by atoms with Gasteiger partial charge in [-0.2, -0.15) is 0 Å². The molecule has 2 aromatic carbocycles. The topological polar surface area (TPSA) is 72.6 Å². The van der Waals surface area contributed by atoms with Crippen molar-refractivity contribution in [1.29, 1.82) is 0 Å². The molecule has 2 N–H and O–H groups in total. The van der Waals surface area contributed by atoms with Crippen molar-refractivity contribution in [3.63, 3.8) is 0 Å². The number of ether oxygens (including phenoxy) is 1. The number of hydrogen-bond acceptors (Lipinski definition) is 4. The average molecular weight is 270 g/mol. The number of methoxy groups -OCH3 is 1. The van der Waals surface area contributed by atoms with Crippen LogP contribution in [-0.4, -0.2) is 23.9 Å². The van der Waals surface area contributed by atoms with Crippen molar-refractivity contribution in [2.24, 2.45) is 5.84 Å². The van der Waals surface area contributed by atoms with Gasteiger partial charge in [0.1, 0.15) is 5.75 Å². The molecule has 2 aromatic rings. The lowest BCUT2D eigenvalue weighted by Crippen LogP contribution is -2.42. The number of amides is 2. The molecule has 0 spiro atoms. The van der Waals surface area contributed by atoms with Gasteiger partial charge >= 0.3 is 0 Å². The minimum Gasteiger partial charge on any atom is -0.497 e. The largest absolute Gasteiger partial charge is 0.497 e. The summed E-state index contributed by atoms with van der Waals surface area (Å²) >= 11 is 0. The first-order valence-corrected chi connectivity index (χ1v) is 5.96. The highest BCUT2D eigenvalue weighted by atomic mass is 16.5. The van der Waals surface area contributed by atoms with Gasteiger partial charge in [0.05, 0.1) is 7.11 Å². The second-order valence-electron chi connectivity index (χ2n) is 4.08. The SMILES string of the molecule is COc1cccc(C(=O)N(N)C(=O)c2ccccc2)c1. The summed E-state index contributed by atoms with van der Waals surface area (Å²) < 4.78 is 5.03. The van der Waals surface area contributed by atoms with Gasteiger partial charge in [0.25, 0.3) is 11.8 Å². The molecule has 0 saturated carbocycles. The highest BCUT2D eigenvalue weighted by Crippen LogP contribution is 2.14. The van der Waals surface area contributed by atoms with Gasteiger partial charge in [-0.1, -0.05) is 24.3 Å². The molecule has 0 radical (unpaired) electrons. The Morgan fingerprint density at radius 2 is 1.55 bits per heavy atom. The quantitative estimate of drug-likeness (QED) is 0.400. The van der Waals surface area contributed by atoms with E-state index in [1.54, 1.807) is 48.5 Å². The van der Waals surface area contributed by atoms with Crippen LogP contribution >= 0.6 is 0 Å². The number of nitrogens with zero attached hydrogens (tertiary/aromatic N) is 1. The molecule has 0 aliphatic rings. The molecule has 0 bridgehead atoms. The number of nitrogens with two attached hydrogens (primary N) is 1. The van der Waals surface area contributed by atoms with Gasteiger partial charge in [-0.05, 0) is 30.3 Å². The zero-order chi connectivity index (χ0) is 14.5. The van der Waals surface area contributed by atoms with Crippen LogP contribution in [0.2, 0.25) is 0 Å². The average Bonchev–Trinajstić information content (AvgIpc) is 2.53. The minimum absolute atomic E-state index is 0.288. The maximum atomic E-state index is 12.2. The number of benzene rings is 2. The molecule has 0 atom stereocenters. The van der Waals surface area contributed by atoms with Crippen LogP contribution in [0, 0.1) is 0 Å². The Kier molecular flexibility index (Phi) is 4.12. The lowest BCUT2D eigenvalue weighted by molar-refractivity contribution is 0.0615. The summed E-state index contributed by atoms with van der Waals surface area (Å²) in [5, 5.41) is 0.601. The molecule has 0 unspecified atom stereocenters. The molecular formula is C15H14N2O3. The molecule has 102 valence electrons. The van der Waals surface area contributed by atoms with E-state index in [1.165, 1.54) is 13.2 Å². The van der Waals surface area contributed by atoms with Crippen molar-refractivity contribution in [1.82, 2.24) is 5.01 Å². The Labute approximate surface area is 116 Å². The second kappa shape index (κ2) is 5.99. The van der Waals surface area contributed by atoms with Crippen LogP contribution < -0.4 is 10.6 Å². The Balaban J connectivity index is 2.22. The van der Waals surface area contributed by atoms with E-state index in [-0.39, 0.29) is 5.56 Å². The number of carbonyl (C=O) groups excluding carboxylic acids is 2. The molecule has 20 heavy (non-hydrogen) atoms. The lowest BCUT2D eigenvalue weighted by Gasteiger charge is -2.15. The molecular weight excluding hydrogens is 256 g/mol. The summed E-state index contributed by atoms with van der Waals surface area (Å²) in [5.74, 6) is 4.99. The van der Waals surface area contributed by atoms with Gasteiger partial charge in [-0.15, -0.1) is 0 Å². The zero-order valence-electron chi connectivity index (χ0n) is 10.9. The van der Waals surface area contributed by atoms with Gasteiger partial charge in [-0.3, -0.25) is 9.59 Å². The van der Waals surface area contributed by atoms with E-state index in [0.29, 0.717) is 16.3 Å². The lowest BCUT2D eigenvalue weighted by atomic mass is 10.1. The van der Waals surface area contributed by atoms with E-state index in [4.69, 9.17) is 10.6 Å². The van der Waals surface area contributed by atoms with Gasteiger partial charge in [-0.25, -0.2) is 10.9 Å². The molecule has 0 fully saturated rings. The first kappa shape index (κ1) is 13.8. The maximum Gasteiger partial charge on any atom is 0.275 e. The summed E-state index contributed by atoms with van der Waals surface area (Å²) in [6, 6.07) is 14.9. The molecule has 2 amide bonds. The number of hydrazine groups is 1. The fourth-order valence-corrected chi connectivity index (χ4v) is 1.71. The van der Waals surface area contributed by atoms with E-state index < -0.39 is 11.8 Å². The van der Waals surface area contributed by atoms with Crippen LogP contribution in [0.3, 0.4) is 0 Å². The minimum atomic E-state index is -0.585. The van der Waals surface area contributed by atoms with Crippen LogP contribution in [0.5, 0.6) is 5.75 Å². The molecule has 0 aliphatic heterocycles. The van der Waals surface area contributed by atoms with E-state index in [1.807, 2.05) is 0 Å². The molecule has 2 rings (SSSR count). The van der Waals surface area contributed by atoms with Gasteiger partial charge in [0.15, 0.2) is 0 Å². The highest BCUT2D eigenvalue weighted by molar-refractivity contribution is 6.09. The summed E-state index contributed by atoms with van der Waals surface area (Å²) in [5.41, 5.74) is 0.641. The van der Waals surface area contributed by atoms with E-state index in [9.17, 15) is 9.59 Å². The van der Waals surface area contributed by atoms with Gasteiger partial charge in [0, 0.05) is 11.1 Å². The van der Waals surface area contributed by atoms with E-state index in [2.05, 4.69) is 0 Å². The molecule has 5 heteroatoms. The van der Waals surface area contributed by atoms with Crippen molar-refractivity contribution in [3.8, 4) is 5.75 Å². The van der Waals surface area contributed by atoms with Crippen LogP contribution in [-0.2, 0) is 0 Å². The fourth-order valence-electron chi connectivity index (χ4n) is 1.71. The second-order valence-corrected chi connectivity index (χ2v) is 4.08. The molecule has 0 heterocycles. The van der Waals surface area contributed by atoms with Crippen LogP contribution in [0.15, 0.2) is 54.6 Å². The Morgan fingerprint density at radius 1 is 0.950 bits per heavy atom. The first-order valence-electron chi connectivity index (χ1n) is 5.96. The maximum absolute atomic E-state index is 12.2. The standard InChI is InChI=1S/C15H14N2O3/c1-20-13-9-5-8-12(10-13)15(19)17(16)14(18)11-6-3-2-4-7-11/h2-10H,16H2,1H3. The van der Waals surface area contributed by atoms with Crippen molar-refractivity contribution in [2.45, 2.75) is 0 Å². The van der Waals surface area contributed by atoms with Crippen molar-refractivity contribution >= 4 is 11.8 Å². The first-order chi connectivity index (χ1) is 9.63. The third-order valence-corrected chi connectivity index (χ3v) is 2.78. The molecule has 5 nitrogen and oxygen atoms in total. The molecule has 0 aliphatic carbocycles. The van der Waals surface area contributed by atoms with E-state index in [0.717, 1.165) is 0 Å². The summed E-state index contributed by atoms with van der Waals surface area (Å²) in [6.07, 6.45) is 0. The predicted molar refractivity (Wildman–Crippen MR) is 74.1 cm³/mol. The number of hydrogen-bond donors (Lipinski definition) is 1. The Bertz CT molecular complexity index is 626. The predicted octanol–water partition coefficient (Wildman–Crippen LogP) is 1.85. The molecule has 0 aromatic heterocycles. The Morgan fingerprint density at radius 3 is 2.20 bits per heavy atom. The highest BCUT2D eigenvalue weighted by Gasteiger charge is 2.21. The number of imide groups is 1. The normalized spacial score (nSPS) is 9.90.